The topological polar surface area (TPSA) is 59.6 Å². The van der Waals surface area contributed by atoms with Crippen LogP contribution >= 0.6 is 0 Å². The van der Waals surface area contributed by atoms with Gasteiger partial charge in [-0.05, 0) is 11.0 Å². The van der Waals surface area contributed by atoms with E-state index in [9.17, 15) is 5.11 Å². The van der Waals surface area contributed by atoms with Crippen LogP contribution in [0.3, 0.4) is 0 Å². The fraction of sp³-hybridized carbons (Fsp3) is 0.412. The van der Waals surface area contributed by atoms with E-state index in [0.29, 0.717) is 0 Å². The number of aromatic nitrogens is 2. The highest BCUT2D eigenvalue weighted by atomic mass is 16.6. The van der Waals surface area contributed by atoms with Crippen LogP contribution in [0.5, 0.6) is 0 Å². The summed E-state index contributed by atoms with van der Waals surface area (Å²) in [6, 6.07) is 8.34. The number of hydrogen-bond acceptors (Lipinski definition) is 4. The van der Waals surface area contributed by atoms with Gasteiger partial charge in [0.1, 0.15) is 7.11 Å². The molecule has 5 heteroatoms. The zero-order valence-electron chi connectivity index (χ0n) is 13.2. The molecule has 5 nitrogen and oxygen atoms in total. The SMILES string of the molecule is CO/N=C1\CC(C)(C)C(n2cncc2CO)c2ccccc21. The Morgan fingerprint density at radius 2 is 2.18 bits per heavy atom. The summed E-state index contributed by atoms with van der Waals surface area (Å²) in [4.78, 5) is 9.24. The van der Waals surface area contributed by atoms with Gasteiger partial charge < -0.3 is 14.5 Å². The Balaban J connectivity index is 2.21. The van der Waals surface area contributed by atoms with Crippen molar-refractivity contribution in [1.82, 2.24) is 9.55 Å². The van der Waals surface area contributed by atoms with Crippen molar-refractivity contribution in [1.29, 1.82) is 0 Å². The number of imidazole rings is 1. The van der Waals surface area contributed by atoms with Crippen LogP contribution in [0.4, 0.5) is 0 Å². The van der Waals surface area contributed by atoms with Gasteiger partial charge in [-0.2, -0.15) is 0 Å². The molecule has 0 saturated carbocycles. The van der Waals surface area contributed by atoms with Gasteiger partial charge in [-0.15, -0.1) is 0 Å². The van der Waals surface area contributed by atoms with Crippen LogP contribution in [0.15, 0.2) is 41.9 Å². The smallest absolute Gasteiger partial charge is 0.106 e. The molecule has 0 bridgehead atoms. The highest BCUT2D eigenvalue weighted by Gasteiger charge is 2.40. The van der Waals surface area contributed by atoms with E-state index in [1.807, 2.05) is 12.1 Å². The molecule has 0 amide bonds. The fourth-order valence-electron chi connectivity index (χ4n) is 3.45. The minimum absolute atomic E-state index is 0.0201. The molecule has 1 heterocycles. The molecule has 0 spiro atoms. The maximum absolute atomic E-state index is 9.59. The van der Waals surface area contributed by atoms with E-state index in [0.717, 1.165) is 23.4 Å². The Kier molecular flexibility index (Phi) is 3.74. The number of oxime groups is 1. The summed E-state index contributed by atoms with van der Waals surface area (Å²) in [7, 11) is 1.58. The molecule has 1 aliphatic carbocycles. The van der Waals surface area contributed by atoms with Gasteiger partial charge in [-0.1, -0.05) is 43.3 Å². The highest BCUT2D eigenvalue weighted by Crippen LogP contribution is 2.46. The molecule has 1 aromatic heterocycles. The second-order valence-electron chi connectivity index (χ2n) is 6.33. The number of aliphatic hydroxyl groups is 1. The van der Waals surface area contributed by atoms with Crippen LogP contribution in [0.1, 0.15) is 43.1 Å². The number of aliphatic hydroxyl groups excluding tert-OH is 1. The van der Waals surface area contributed by atoms with E-state index >= 15 is 0 Å². The highest BCUT2D eigenvalue weighted by molar-refractivity contribution is 6.03. The summed E-state index contributed by atoms with van der Waals surface area (Å²) in [6.07, 6.45) is 4.32. The van der Waals surface area contributed by atoms with E-state index in [4.69, 9.17) is 4.84 Å². The second-order valence-corrected chi connectivity index (χ2v) is 6.33. The summed E-state index contributed by atoms with van der Waals surface area (Å²) in [6.45, 7) is 4.40. The standard InChI is InChI=1S/C17H21N3O2/c1-17(2)8-15(19-22-3)13-6-4-5-7-14(13)16(17)20-11-18-9-12(20)10-21/h4-7,9,11,16,21H,8,10H2,1-3H3/b19-15+. The van der Waals surface area contributed by atoms with Crippen molar-refractivity contribution in [2.24, 2.45) is 10.6 Å². The first kappa shape index (κ1) is 14.8. The molecule has 1 aliphatic rings. The zero-order valence-corrected chi connectivity index (χ0v) is 13.2. The first-order valence-electron chi connectivity index (χ1n) is 7.39. The molecule has 1 N–H and O–H groups in total. The van der Waals surface area contributed by atoms with Crippen LogP contribution in [0, 0.1) is 5.41 Å². The third kappa shape index (κ3) is 2.31. The Hall–Kier alpha value is -2.14. The lowest BCUT2D eigenvalue weighted by molar-refractivity contribution is 0.200. The van der Waals surface area contributed by atoms with E-state index in [1.54, 1.807) is 19.6 Å². The molecule has 22 heavy (non-hydrogen) atoms. The summed E-state index contributed by atoms with van der Waals surface area (Å²) in [5, 5.41) is 13.8. The van der Waals surface area contributed by atoms with Crippen molar-refractivity contribution >= 4 is 5.71 Å². The predicted molar refractivity (Wildman–Crippen MR) is 84.7 cm³/mol. The van der Waals surface area contributed by atoms with E-state index < -0.39 is 0 Å². The van der Waals surface area contributed by atoms with Crippen molar-refractivity contribution in [3.05, 3.63) is 53.6 Å². The van der Waals surface area contributed by atoms with Gasteiger partial charge in [-0.25, -0.2) is 4.98 Å². The van der Waals surface area contributed by atoms with Crippen LogP contribution in [0.25, 0.3) is 0 Å². The van der Waals surface area contributed by atoms with E-state index in [1.165, 1.54) is 5.56 Å². The van der Waals surface area contributed by atoms with Crippen LogP contribution < -0.4 is 0 Å². The normalized spacial score (nSPS) is 21.6. The van der Waals surface area contributed by atoms with Crippen LogP contribution in [-0.4, -0.2) is 27.5 Å². The maximum Gasteiger partial charge on any atom is 0.106 e. The number of rotatable bonds is 3. The summed E-state index contributed by atoms with van der Waals surface area (Å²) in [5.41, 5.74) is 4.00. The average Bonchev–Trinajstić information content (AvgIpc) is 2.95. The predicted octanol–water partition coefficient (Wildman–Crippen LogP) is 2.75. The number of nitrogens with zero attached hydrogens (tertiary/aromatic N) is 3. The Morgan fingerprint density at radius 3 is 2.91 bits per heavy atom. The van der Waals surface area contributed by atoms with Crippen LogP contribution in [0.2, 0.25) is 0 Å². The number of benzene rings is 1. The third-order valence-electron chi connectivity index (χ3n) is 4.32. The monoisotopic (exact) mass is 299 g/mol. The van der Waals surface area contributed by atoms with E-state index in [2.05, 4.69) is 40.7 Å². The lowest BCUT2D eigenvalue weighted by Gasteiger charge is -2.41. The van der Waals surface area contributed by atoms with E-state index in [-0.39, 0.29) is 18.1 Å². The molecule has 3 rings (SSSR count). The molecule has 116 valence electrons. The molecule has 0 radical (unpaired) electrons. The Bertz CT molecular complexity index is 703. The molecule has 1 aromatic carbocycles. The molecule has 1 unspecified atom stereocenters. The first-order valence-corrected chi connectivity index (χ1v) is 7.39. The summed E-state index contributed by atoms with van der Waals surface area (Å²) in [5.74, 6) is 0. The molecular formula is C17H21N3O2. The number of hydrogen-bond donors (Lipinski definition) is 1. The van der Waals surface area contributed by atoms with Gasteiger partial charge >= 0.3 is 0 Å². The largest absolute Gasteiger partial charge is 0.399 e. The minimum Gasteiger partial charge on any atom is -0.399 e. The zero-order chi connectivity index (χ0) is 15.7. The van der Waals surface area contributed by atoms with Gasteiger partial charge in [0.05, 0.1) is 36.6 Å². The van der Waals surface area contributed by atoms with Gasteiger partial charge in [0, 0.05) is 12.0 Å². The Morgan fingerprint density at radius 1 is 1.41 bits per heavy atom. The number of fused-ring (bicyclic) bond motifs is 1. The first-order chi connectivity index (χ1) is 10.6. The Labute approximate surface area is 130 Å². The summed E-state index contributed by atoms with van der Waals surface area (Å²) >= 11 is 0. The maximum atomic E-state index is 9.59. The van der Waals surface area contributed by atoms with Crippen molar-refractivity contribution in [3.8, 4) is 0 Å². The third-order valence-corrected chi connectivity index (χ3v) is 4.32. The average molecular weight is 299 g/mol. The van der Waals surface area contributed by atoms with Gasteiger partial charge in [0.15, 0.2) is 0 Å². The van der Waals surface area contributed by atoms with Gasteiger partial charge in [0.25, 0.3) is 0 Å². The molecule has 0 fully saturated rings. The van der Waals surface area contributed by atoms with Gasteiger partial charge in [0.2, 0.25) is 0 Å². The minimum atomic E-state index is -0.0731. The van der Waals surface area contributed by atoms with Crippen molar-refractivity contribution < 1.29 is 9.94 Å². The van der Waals surface area contributed by atoms with Crippen LogP contribution in [-0.2, 0) is 11.4 Å². The molecule has 0 saturated heterocycles. The van der Waals surface area contributed by atoms with Crippen molar-refractivity contribution in [3.63, 3.8) is 0 Å². The quantitative estimate of drug-likeness (QED) is 0.887. The lowest BCUT2D eigenvalue weighted by Crippen LogP contribution is -2.36. The van der Waals surface area contributed by atoms with Crippen molar-refractivity contribution in [2.45, 2.75) is 32.9 Å². The fourth-order valence-corrected chi connectivity index (χ4v) is 3.45. The molecule has 1 atom stereocenters. The molecule has 2 aromatic rings. The van der Waals surface area contributed by atoms with Crippen molar-refractivity contribution in [2.75, 3.05) is 7.11 Å². The lowest BCUT2D eigenvalue weighted by atomic mass is 9.69. The summed E-state index contributed by atoms with van der Waals surface area (Å²) < 4.78 is 2.07. The van der Waals surface area contributed by atoms with Gasteiger partial charge in [-0.3, -0.25) is 0 Å². The molecule has 0 aliphatic heterocycles. The molecular weight excluding hydrogens is 278 g/mol. The second kappa shape index (κ2) is 5.57.